The molecule has 32 heavy (non-hydrogen) atoms. The first kappa shape index (κ1) is 20.0. The molecule has 0 radical (unpaired) electrons. The van der Waals surface area contributed by atoms with E-state index in [-0.39, 0.29) is 34.9 Å². The van der Waals surface area contributed by atoms with Crippen molar-refractivity contribution < 1.29 is 19.1 Å². The molecule has 8 atom stereocenters. The van der Waals surface area contributed by atoms with Crippen LogP contribution in [0, 0.1) is 22.7 Å². The SMILES string of the molecule is CC12CCC(C)(C1)C1C3NC(C(OC(=O)c4ccccc4)C3OC(=O)c3ccccc3)C12. The number of carbonyl (C=O) groups is 2. The van der Waals surface area contributed by atoms with Gasteiger partial charge in [0.05, 0.1) is 23.2 Å². The van der Waals surface area contributed by atoms with Crippen LogP contribution >= 0.6 is 0 Å². The van der Waals surface area contributed by atoms with Crippen LogP contribution in [-0.2, 0) is 9.47 Å². The van der Waals surface area contributed by atoms with Gasteiger partial charge >= 0.3 is 11.9 Å². The molecule has 0 aromatic heterocycles. The fourth-order valence-corrected chi connectivity index (χ4v) is 7.67. The average molecular weight is 432 g/mol. The molecule has 166 valence electrons. The van der Waals surface area contributed by atoms with Gasteiger partial charge in [-0.3, -0.25) is 0 Å². The zero-order valence-electron chi connectivity index (χ0n) is 18.5. The van der Waals surface area contributed by atoms with Gasteiger partial charge in [-0.1, -0.05) is 50.2 Å². The second-order valence-corrected chi connectivity index (χ2v) is 10.7. The van der Waals surface area contributed by atoms with Crippen molar-refractivity contribution in [3.05, 3.63) is 71.8 Å². The summed E-state index contributed by atoms with van der Waals surface area (Å²) in [5.74, 6) is 0.154. The summed E-state index contributed by atoms with van der Waals surface area (Å²) in [6.45, 7) is 4.79. The molecular formula is C27H29NO4. The highest BCUT2D eigenvalue weighted by molar-refractivity contribution is 5.90. The van der Waals surface area contributed by atoms with Crippen molar-refractivity contribution in [2.24, 2.45) is 22.7 Å². The topological polar surface area (TPSA) is 64.6 Å². The Bertz CT molecular complexity index is 972. The number of ether oxygens (including phenoxy) is 2. The van der Waals surface area contributed by atoms with Gasteiger partial charge < -0.3 is 14.8 Å². The molecule has 6 rings (SSSR count). The number of esters is 2. The van der Waals surface area contributed by atoms with E-state index in [1.54, 1.807) is 24.3 Å². The molecule has 8 unspecified atom stereocenters. The summed E-state index contributed by atoms with van der Waals surface area (Å²) in [5, 5.41) is 3.74. The predicted octanol–water partition coefficient (Wildman–Crippen LogP) is 4.23. The minimum absolute atomic E-state index is 0.0124. The van der Waals surface area contributed by atoms with Crippen LogP contribution < -0.4 is 5.32 Å². The van der Waals surface area contributed by atoms with Crippen LogP contribution in [0.1, 0.15) is 53.8 Å². The Morgan fingerprint density at radius 2 is 1.16 bits per heavy atom. The van der Waals surface area contributed by atoms with Crippen LogP contribution in [0.5, 0.6) is 0 Å². The number of nitrogens with one attached hydrogen (secondary N) is 1. The molecule has 2 aliphatic carbocycles. The molecule has 2 aromatic carbocycles. The Morgan fingerprint density at radius 3 is 1.56 bits per heavy atom. The third-order valence-corrected chi connectivity index (χ3v) is 8.77. The van der Waals surface area contributed by atoms with E-state index in [0.717, 1.165) is 0 Å². The molecule has 0 amide bonds. The van der Waals surface area contributed by atoms with Crippen molar-refractivity contribution in [3.63, 3.8) is 0 Å². The minimum Gasteiger partial charge on any atom is -0.453 e. The summed E-state index contributed by atoms with van der Waals surface area (Å²) in [5.41, 5.74) is 1.53. The van der Waals surface area contributed by atoms with Gasteiger partial charge in [-0.25, -0.2) is 9.59 Å². The summed E-state index contributed by atoms with van der Waals surface area (Å²) < 4.78 is 12.2. The van der Waals surface area contributed by atoms with Crippen molar-refractivity contribution in [1.29, 1.82) is 0 Å². The number of benzene rings is 2. The molecule has 5 nitrogen and oxygen atoms in total. The molecule has 2 heterocycles. The minimum atomic E-state index is -0.485. The Morgan fingerprint density at radius 1 is 0.750 bits per heavy atom. The van der Waals surface area contributed by atoms with Gasteiger partial charge in [0.25, 0.3) is 0 Å². The van der Waals surface area contributed by atoms with E-state index in [9.17, 15) is 9.59 Å². The van der Waals surface area contributed by atoms with Gasteiger partial charge in [0.2, 0.25) is 0 Å². The Balaban J connectivity index is 1.32. The first-order valence-electron chi connectivity index (χ1n) is 11.7. The third-order valence-electron chi connectivity index (χ3n) is 8.77. The smallest absolute Gasteiger partial charge is 0.338 e. The lowest BCUT2D eigenvalue weighted by Crippen LogP contribution is -2.54. The van der Waals surface area contributed by atoms with Gasteiger partial charge in [0, 0.05) is 0 Å². The predicted molar refractivity (Wildman–Crippen MR) is 119 cm³/mol. The Labute approximate surface area is 188 Å². The third kappa shape index (κ3) is 2.80. The molecule has 2 saturated heterocycles. The van der Waals surface area contributed by atoms with Crippen molar-refractivity contribution in [3.8, 4) is 0 Å². The normalized spacial score (nSPS) is 40.8. The fourth-order valence-electron chi connectivity index (χ4n) is 7.67. The highest BCUT2D eigenvalue weighted by Crippen LogP contribution is 2.72. The number of hydrogen-bond donors (Lipinski definition) is 1. The Kier molecular flexibility index (Phi) is 4.32. The monoisotopic (exact) mass is 431 g/mol. The highest BCUT2D eigenvalue weighted by Gasteiger charge is 2.74. The molecule has 5 heteroatoms. The largest absolute Gasteiger partial charge is 0.453 e. The quantitative estimate of drug-likeness (QED) is 0.734. The molecule has 4 aliphatic rings. The first-order valence-corrected chi connectivity index (χ1v) is 11.7. The van der Waals surface area contributed by atoms with E-state index in [1.807, 2.05) is 36.4 Å². The molecule has 2 aromatic rings. The summed E-state index contributed by atoms with van der Waals surface area (Å²) >= 11 is 0. The molecule has 0 spiro atoms. The average Bonchev–Trinajstić information content (AvgIpc) is 3.51. The van der Waals surface area contributed by atoms with Crippen LogP contribution in [-0.4, -0.2) is 36.2 Å². The van der Waals surface area contributed by atoms with Crippen LogP contribution in [0.2, 0.25) is 0 Å². The zero-order chi connectivity index (χ0) is 22.1. The zero-order valence-corrected chi connectivity index (χ0v) is 18.5. The summed E-state index contributed by atoms with van der Waals surface area (Å²) in [4.78, 5) is 26.0. The molecular weight excluding hydrogens is 402 g/mol. The van der Waals surface area contributed by atoms with Crippen LogP contribution in [0.25, 0.3) is 0 Å². The van der Waals surface area contributed by atoms with E-state index in [2.05, 4.69) is 19.2 Å². The second-order valence-electron chi connectivity index (χ2n) is 10.7. The van der Waals surface area contributed by atoms with Gasteiger partial charge in [0.15, 0.2) is 12.2 Å². The maximum atomic E-state index is 13.0. The lowest BCUT2D eigenvalue weighted by molar-refractivity contribution is -0.0768. The van der Waals surface area contributed by atoms with Crippen molar-refractivity contribution >= 4 is 11.9 Å². The number of hydrogen-bond acceptors (Lipinski definition) is 5. The number of rotatable bonds is 4. The summed E-state index contributed by atoms with van der Waals surface area (Å²) in [6, 6.07) is 18.1. The van der Waals surface area contributed by atoms with Gasteiger partial charge in [-0.15, -0.1) is 0 Å². The molecule has 4 bridgehead atoms. The van der Waals surface area contributed by atoms with Crippen molar-refractivity contribution in [2.45, 2.75) is 57.4 Å². The van der Waals surface area contributed by atoms with Gasteiger partial charge in [-0.2, -0.15) is 0 Å². The molecule has 4 fully saturated rings. The number of fused-ring (bicyclic) bond motifs is 9. The summed E-state index contributed by atoms with van der Waals surface area (Å²) in [6.07, 6.45) is 2.65. The molecule has 2 saturated carbocycles. The maximum Gasteiger partial charge on any atom is 0.338 e. The van der Waals surface area contributed by atoms with E-state index in [0.29, 0.717) is 23.0 Å². The van der Waals surface area contributed by atoms with E-state index in [4.69, 9.17) is 9.47 Å². The van der Waals surface area contributed by atoms with Crippen molar-refractivity contribution in [1.82, 2.24) is 5.32 Å². The van der Waals surface area contributed by atoms with E-state index < -0.39 is 12.2 Å². The van der Waals surface area contributed by atoms with E-state index in [1.165, 1.54) is 19.3 Å². The van der Waals surface area contributed by atoms with Crippen molar-refractivity contribution in [2.75, 3.05) is 0 Å². The van der Waals surface area contributed by atoms with Gasteiger partial charge in [0.1, 0.15) is 0 Å². The summed E-state index contributed by atoms with van der Waals surface area (Å²) in [7, 11) is 0. The molecule has 2 aliphatic heterocycles. The molecule has 1 N–H and O–H groups in total. The van der Waals surface area contributed by atoms with E-state index >= 15 is 0 Å². The Hall–Kier alpha value is -2.66. The van der Waals surface area contributed by atoms with Crippen LogP contribution in [0.3, 0.4) is 0 Å². The van der Waals surface area contributed by atoms with Gasteiger partial charge in [-0.05, 0) is 66.2 Å². The lowest BCUT2D eigenvalue weighted by atomic mass is 9.61. The second kappa shape index (κ2) is 6.92. The van der Waals surface area contributed by atoms with Crippen LogP contribution in [0.4, 0.5) is 0 Å². The standard InChI is InChI=1S/C27H29NO4/c1-26-13-14-27(2,15-26)19-18(26)20-22(31-24(29)16-9-5-3-6-10-16)23(21(19)28-20)32-25(30)17-11-7-4-8-12-17/h3-12,18-23,28H,13-15H2,1-2H3. The first-order chi connectivity index (χ1) is 15.4. The lowest BCUT2D eigenvalue weighted by Gasteiger charge is -2.46. The van der Waals surface area contributed by atoms with Crippen LogP contribution in [0.15, 0.2) is 60.7 Å². The maximum absolute atomic E-state index is 13.0. The highest BCUT2D eigenvalue weighted by atomic mass is 16.6. The number of carbonyl (C=O) groups excluding carboxylic acids is 2. The fraction of sp³-hybridized carbons (Fsp3) is 0.481.